The van der Waals surface area contributed by atoms with Gasteiger partial charge in [0.25, 0.3) is 0 Å². The summed E-state index contributed by atoms with van der Waals surface area (Å²) in [6.07, 6.45) is 3.66. The van der Waals surface area contributed by atoms with Crippen LogP contribution in [0.2, 0.25) is 0 Å². The Balaban J connectivity index is 1.98. The van der Waals surface area contributed by atoms with Crippen LogP contribution in [0.5, 0.6) is 0 Å². The average Bonchev–Trinajstić information content (AvgIpc) is 3.20. The third-order valence-electron chi connectivity index (χ3n) is 4.75. The molecule has 2 aromatic carbocycles. The topological polar surface area (TPSA) is 44.0 Å². The molecule has 0 amide bonds. The van der Waals surface area contributed by atoms with Crippen LogP contribution in [0.3, 0.4) is 0 Å². The summed E-state index contributed by atoms with van der Waals surface area (Å²) in [6, 6.07) is 15.5. The second-order valence-corrected chi connectivity index (χ2v) is 6.38. The minimum atomic E-state index is -0.0496. The molecule has 128 valence electrons. The fourth-order valence-electron chi connectivity index (χ4n) is 3.51. The van der Waals surface area contributed by atoms with Crippen molar-refractivity contribution < 1.29 is 9.59 Å². The number of hydrogen-bond acceptors (Lipinski definition) is 2. The van der Waals surface area contributed by atoms with Gasteiger partial charge in [-0.15, -0.1) is 0 Å². The zero-order valence-electron chi connectivity index (χ0n) is 14.7. The number of rotatable bonds is 2. The van der Waals surface area contributed by atoms with Crippen LogP contribution in [0.1, 0.15) is 34.6 Å². The standard InChI is InChI=1S/C22H18N2O2/c1-14(19-12-23(15(2)25)21-10-6-4-8-17(19)21)20-13-24(16(3)26)22-11-7-5-9-18(20)22/h4-13H,1H2,2-3H3. The molecule has 0 fully saturated rings. The van der Waals surface area contributed by atoms with Crippen molar-refractivity contribution in [2.24, 2.45) is 0 Å². The van der Waals surface area contributed by atoms with E-state index < -0.39 is 0 Å². The van der Waals surface area contributed by atoms with Crippen LogP contribution in [0.15, 0.2) is 67.5 Å². The first-order valence-corrected chi connectivity index (χ1v) is 8.40. The smallest absolute Gasteiger partial charge is 0.227 e. The molecule has 0 aliphatic rings. The van der Waals surface area contributed by atoms with Crippen molar-refractivity contribution in [3.05, 3.63) is 78.6 Å². The first-order valence-electron chi connectivity index (χ1n) is 8.40. The van der Waals surface area contributed by atoms with Crippen molar-refractivity contribution >= 4 is 39.2 Å². The maximum Gasteiger partial charge on any atom is 0.227 e. The molecule has 26 heavy (non-hydrogen) atoms. The minimum absolute atomic E-state index is 0.0496. The molecule has 0 saturated heterocycles. The summed E-state index contributed by atoms with van der Waals surface area (Å²) < 4.78 is 3.28. The van der Waals surface area contributed by atoms with Crippen molar-refractivity contribution in [1.82, 2.24) is 9.13 Å². The number of carbonyl (C=O) groups is 2. The summed E-state index contributed by atoms with van der Waals surface area (Å²) in [5.41, 5.74) is 4.28. The van der Waals surface area contributed by atoms with E-state index in [0.29, 0.717) is 0 Å². The van der Waals surface area contributed by atoms with E-state index in [2.05, 4.69) is 6.58 Å². The Morgan fingerprint density at radius 1 is 0.731 bits per heavy atom. The quantitative estimate of drug-likeness (QED) is 0.516. The molecule has 0 aliphatic carbocycles. The highest BCUT2D eigenvalue weighted by Gasteiger charge is 2.18. The third kappa shape index (κ3) is 2.30. The van der Waals surface area contributed by atoms with Gasteiger partial charge >= 0.3 is 0 Å². The molecule has 2 heterocycles. The number of hydrogen-bond donors (Lipinski definition) is 0. The monoisotopic (exact) mass is 342 g/mol. The van der Waals surface area contributed by atoms with E-state index in [1.165, 1.54) is 0 Å². The molecule has 0 unspecified atom stereocenters. The molecule has 0 spiro atoms. The van der Waals surface area contributed by atoms with Gasteiger partial charge in [0.1, 0.15) is 0 Å². The highest BCUT2D eigenvalue weighted by molar-refractivity contribution is 6.06. The normalized spacial score (nSPS) is 11.2. The maximum atomic E-state index is 12.0. The Hall–Kier alpha value is -3.40. The zero-order chi connectivity index (χ0) is 18.4. The summed E-state index contributed by atoms with van der Waals surface area (Å²) in [5, 5.41) is 1.93. The molecule has 0 radical (unpaired) electrons. The van der Waals surface area contributed by atoms with Gasteiger partial charge in [0.15, 0.2) is 0 Å². The van der Waals surface area contributed by atoms with Gasteiger partial charge in [-0.25, -0.2) is 0 Å². The van der Waals surface area contributed by atoms with Crippen LogP contribution in [0.4, 0.5) is 0 Å². The Morgan fingerprint density at radius 3 is 1.50 bits per heavy atom. The fraction of sp³-hybridized carbons (Fsp3) is 0.0909. The van der Waals surface area contributed by atoms with Gasteiger partial charge in [-0.3, -0.25) is 18.7 Å². The maximum absolute atomic E-state index is 12.0. The molecular formula is C22H18N2O2. The van der Waals surface area contributed by atoms with Crippen molar-refractivity contribution in [3.8, 4) is 0 Å². The van der Waals surface area contributed by atoms with E-state index in [1.54, 1.807) is 23.0 Å². The highest BCUT2D eigenvalue weighted by atomic mass is 16.2. The predicted molar refractivity (Wildman–Crippen MR) is 105 cm³/mol. The summed E-state index contributed by atoms with van der Waals surface area (Å²) >= 11 is 0. The lowest BCUT2D eigenvalue weighted by molar-refractivity contribution is 0.0933. The van der Waals surface area contributed by atoms with E-state index >= 15 is 0 Å². The van der Waals surface area contributed by atoms with Crippen LogP contribution < -0.4 is 0 Å². The molecule has 2 aromatic heterocycles. The van der Waals surface area contributed by atoms with Gasteiger partial charge in [0.2, 0.25) is 11.8 Å². The lowest BCUT2D eigenvalue weighted by Crippen LogP contribution is -2.03. The van der Waals surface area contributed by atoms with Gasteiger partial charge in [-0.2, -0.15) is 0 Å². The van der Waals surface area contributed by atoms with E-state index in [1.807, 2.05) is 60.9 Å². The molecule has 0 N–H and O–H groups in total. The SMILES string of the molecule is C=C(c1cn(C(C)=O)c2ccccc12)c1cn(C(C)=O)c2ccccc12. The highest BCUT2D eigenvalue weighted by Crippen LogP contribution is 2.35. The van der Waals surface area contributed by atoms with Crippen molar-refractivity contribution in [2.75, 3.05) is 0 Å². The van der Waals surface area contributed by atoms with Gasteiger partial charge in [-0.05, 0) is 17.7 Å². The van der Waals surface area contributed by atoms with Gasteiger partial charge < -0.3 is 0 Å². The number of benzene rings is 2. The summed E-state index contributed by atoms with van der Waals surface area (Å²) in [7, 11) is 0. The lowest BCUT2D eigenvalue weighted by atomic mass is 9.99. The summed E-state index contributed by atoms with van der Waals surface area (Å²) in [4.78, 5) is 24.0. The molecule has 4 heteroatoms. The first kappa shape index (κ1) is 16.1. The third-order valence-corrected chi connectivity index (χ3v) is 4.75. The molecule has 0 saturated carbocycles. The minimum Gasteiger partial charge on any atom is -0.287 e. The Kier molecular flexibility index (Phi) is 3.62. The second-order valence-electron chi connectivity index (χ2n) is 6.38. The van der Waals surface area contributed by atoms with Crippen LogP contribution in [-0.4, -0.2) is 20.9 Å². The molecule has 4 nitrogen and oxygen atoms in total. The van der Waals surface area contributed by atoms with Crippen molar-refractivity contribution in [2.45, 2.75) is 13.8 Å². The van der Waals surface area contributed by atoms with Crippen molar-refractivity contribution in [3.63, 3.8) is 0 Å². The summed E-state index contributed by atoms with van der Waals surface area (Å²) in [5.74, 6) is -0.0992. The largest absolute Gasteiger partial charge is 0.287 e. The van der Waals surface area contributed by atoms with Gasteiger partial charge in [-0.1, -0.05) is 43.0 Å². The molecule has 0 atom stereocenters. The summed E-state index contributed by atoms with van der Waals surface area (Å²) in [6.45, 7) is 7.38. The van der Waals surface area contributed by atoms with E-state index in [9.17, 15) is 9.59 Å². The van der Waals surface area contributed by atoms with Crippen LogP contribution in [0.25, 0.3) is 27.4 Å². The zero-order valence-corrected chi connectivity index (χ0v) is 14.7. The van der Waals surface area contributed by atoms with E-state index in [4.69, 9.17) is 0 Å². The van der Waals surface area contributed by atoms with E-state index in [-0.39, 0.29) is 11.8 Å². The molecule has 4 aromatic rings. The second kappa shape index (κ2) is 5.85. The molecular weight excluding hydrogens is 324 g/mol. The van der Waals surface area contributed by atoms with Crippen LogP contribution >= 0.6 is 0 Å². The van der Waals surface area contributed by atoms with Crippen LogP contribution in [-0.2, 0) is 0 Å². The lowest BCUT2D eigenvalue weighted by Gasteiger charge is -2.03. The molecule has 0 aliphatic heterocycles. The van der Waals surface area contributed by atoms with Crippen molar-refractivity contribution in [1.29, 1.82) is 0 Å². The van der Waals surface area contributed by atoms with Gasteiger partial charge in [0, 0.05) is 48.1 Å². The number of fused-ring (bicyclic) bond motifs is 2. The number of carbonyl (C=O) groups excluding carboxylic acids is 2. The predicted octanol–water partition coefficient (Wildman–Crippen LogP) is 4.98. The molecule has 0 bridgehead atoms. The van der Waals surface area contributed by atoms with Crippen LogP contribution in [0, 0.1) is 0 Å². The Morgan fingerprint density at radius 2 is 1.12 bits per heavy atom. The number of aromatic nitrogens is 2. The van der Waals surface area contributed by atoms with Gasteiger partial charge in [0.05, 0.1) is 11.0 Å². The first-order chi connectivity index (χ1) is 12.5. The fourth-order valence-corrected chi connectivity index (χ4v) is 3.51. The van der Waals surface area contributed by atoms with E-state index in [0.717, 1.165) is 38.5 Å². The number of para-hydroxylation sites is 2. The molecule has 4 rings (SSSR count). The average molecular weight is 342 g/mol. The number of nitrogens with zero attached hydrogens (tertiary/aromatic N) is 2. The Labute approximate surface area is 151 Å². The Bertz CT molecular complexity index is 1110.